The van der Waals surface area contributed by atoms with Gasteiger partial charge in [-0.15, -0.1) is 0 Å². The minimum atomic E-state index is -0.781. The van der Waals surface area contributed by atoms with Crippen LogP contribution in [0.2, 0.25) is 0 Å². The smallest absolute Gasteiger partial charge is 0.306 e. The van der Waals surface area contributed by atoms with Gasteiger partial charge in [0.15, 0.2) is 6.10 Å². The Morgan fingerprint density at radius 3 is 0.984 bits per heavy atom. The first-order chi connectivity index (χ1) is 31.0. The Labute approximate surface area is 390 Å². The summed E-state index contributed by atoms with van der Waals surface area (Å²) in [6.07, 6.45) is 63.4. The van der Waals surface area contributed by atoms with Crippen LogP contribution in [0.3, 0.4) is 0 Å². The van der Waals surface area contributed by atoms with Crippen LogP contribution in [0.15, 0.2) is 60.8 Å². The molecule has 0 N–H and O–H groups in total. The SMILES string of the molecule is CC/C=C\C/C=C\C/C=C\C/C=C\CCCCCCCCC(=O)OCC(COC(=O)CCCCCCCCCCCCCC)OC(=O)CCCCCCC/C=C\CCCCCCC. The van der Waals surface area contributed by atoms with Crippen molar-refractivity contribution < 1.29 is 28.6 Å². The van der Waals surface area contributed by atoms with Crippen molar-refractivity contribution in [2.24, 2.45) is 0 Å². The van der Waals surface area contributed by atoms with Crippen LogP contribution < -0.4 is 0 Å². The number of ether oxygens (including phenoxy) is 3. The predicted octanol–water partition coefficient (Wildman–Crippen LogP) is 17.6. The van der Waals surface area contributed by atoms with E-state index >= 15 is 0 Å². The number of allylic oxidation sites excluding steroid dienone is 10. The molecule has 0 fully saturated rings. The number of unbranched alkanes of at least 4 members (excludes halogenated alkanes) is 27. The summed E-state index contributed by atoms with van der Waals surface area (Å²) in [7, 11) is 0. The van der Waals surface area contributed by atoms with Crippen molar-refractivity contribution in [1.29, 1.82) is 0 Å². The number of carbonyl (C=O) groups is 3. The summed E-state index contributed by atoms with van der Waals surface area (Å²) >= 11 is 0. The quantitative estimate of drug-likeness (QED) is 0.0262. The van der Waals surface area contributed by atoms with Crippen molar-refractivity contribution in [1.82, 2.24) is 0 Å². The van der Waals surface area contributed by atoms with E-state index in [1.54, 1.807) is 0 Å². The van der Waals surface area contributed by atoms with Crippen LogP contribution in [-0.2, 0) is 28.6 Å². The minimum absolute atomic E-state index is 0.0801. The second-order valence-electron chi connectivity index (χ2n) is 17.8. The van der Waals surface area contributed by atoms with Gasteiger partial charge in [-0.1, -0.05) is 223 Å². The molecule has 1 atom stereocenters. The second kappa shape index (κ2) is 51.7. The van der Waals surface area contributed by atoms with E-state index in [9.17, 15) is 14.4 Å². The molecule has 0 bridgehead atoms. The summed E-state index contributed by atoms with van der Waals surface area (Å²) in [6, 6.07) is 0. The molecule has 0 spiro atoms. The largest absolute Gasteiger partial charge is 0.462 e. The molecule has 0 amide bonds. The van der Waals surface area contributed by atoms with Gasteiger partial charge < -0.3 is 14.2 Å². The fraction of sp³-hybridized carbons (Fsp3) is 0.772. The average molecular weight is 881 g/mol. The molecule has 0 aliphatic carbocycles. The lowest BCUT2D eigenvalue weighted by Gasteiger charge is -2.18. The van der Waals surface area contributed by atoms with Gasteiger partial charge in [-0.2, -0.15) is 0 Å². The minimum Gasteiger partial charge on any atom is -0.462 e. The maximum atomic E-state index is 12.8. The Morgan fingerprint density at radius 1 is 0.333 bits per heavy atom. The number of esters is 3. The van der Waals surface area contributed by atoms with Gasteiger partial charge in [0.05, 0.1) is 0 Å². The fourth-order valence-electron chi connectivity index (χ4n) is 7.49. The van der Waals surface area contributed by atoms with Gasteiger partial charge in [0, 0.05) is 19.3 Å². The Kier molecular flexibility index (Phi) is 49.4. The maximum Gasteiger partial charge on any atom is 0.306 e. The van der Waals surface area contributed by atoms with Crippen LogP contribution in [-0.4, -0.2) is 37.2 Å². The normalized spacial score (nSPS) is 12.5. The van der Waals surface area contributed by atoms with Crippen molar-refractivity contribution >= 4 is 17.9 Å². The van der Waals surface area contributed by atoms with E-state index in [-0.39, 0.29) is 31.1 Å². The molecule has 0 saturated heterocycles. The molecule has 1 unspecified atom stereocenters. The van der Waals surface area contributed by atoms with Gasteiger partial charge in [0.1, 0.15) is 13.2 Å². The van der Waals surface area contributed by atoms with E-state index in [1.165, 1.54) is 122 Å². The molecule has 63 heavy (non-hydrogen) atoms. The van der Waals surface area contributed by atoms with E-state index in [0.29, 0.717) is 19.3 Å². The predicted molar refractivity (Wildman–Crippen MR) is 270 cm³/mol. The molecule has 0 aliphatic heterocycles. The summed E-state index contributed by atoms with van der Waals surface area (Å²) in [6.45, 7) is 6.51. The van der Waals surface area contributed by atoms with Crippen molar-refractivity contribution in [2.75, 3.05) is 13.2 Å². The second-order valence-corrected chi connectivity index (χ2v) is 17.8. The molecule has 6 nitrogen and oxygen atoms in total. The Hall–Kier alpha value is -2.89. The third kappa shape index (κ3) is 50.0. The van der Waals surface area contributed by atoms with Crippen molar-refractivity contribution in [2.45, 2.75) is 271 Å². The monoisotopic (exact) mass is 881 g/mol. The standard InChI is InChI=1S/C57H100O6/c1-4-7-10-13-16-19-22-25-27-28-29-30-31-33-35-38-41-44-47-50-56(59)62-53-54(52-61-55(58)49-46-43-40-37-34-24-21-18-15-12-9-6-3)63-57(60)51-48-45-42-39-36-32-26-23-20-17-14-11-8-5-2/h7,10,16,19,23,25-27,29-30,54H,4-6,8-9,11-15,17-18,20-22,24,28,31-53H2,1-3H3/b10-7-,19-16-,26-23-,27-25-,30-29-. The van der Waals surface area contributed by atoms with E-state index in [2.05, 4.69) is 81.5 Å². The lowest BCUT2D eigenvalue weighted by Crippen LogP contribution is -2.30. The van der Waals surface area contributed by atoms with Gasteiger partial charge in [-0.3, -0.25) is 14.4 Å². The van der Waals surface area contributed by atoms with Gasteiger partial charge in [-0.05, 0) is 83.5 Å². The Morgan fingerprint density at radius 2 is 0.619 bits per heavy atom. The van der Waals surface area contributed by atoms with Crippen LogP contribution in [0.5, 0.6) is 0 Å². The van der Waals surface area contributed by atoms with Gasteiger partial charge in [0.2, 0.25) is 0 Å². The molecule has 6 heteroatoms. The molecule has 0 aliphatic rings. The Balaban J connectivity index is 4.38. The van der Waals surface area contributed by atoms with Crippen LogP contribution >= 0.6 is 0 Å². The first-order valence-corrected chi connectivity index (χ1v) is 26.8. The summed E-state index contributed by atoms with van der Waals surface area (Å²) < 4.78 is 16.8. The summed E-state index contributed by atoms with van der Waals surface area (Å²) in [4.78, 5) is 38.0. The molecular weight excluding hydrogens is 781 g/mol. The lowest BCUT2D eigenvalue weighted by atomic mass is 10.0. The van der Waals surface area contributed by atoms with Gasteiger partial charge >= 0.3 is 17.9 Å². The molecular formula is C57H100O6. The highest BCUT2D eigenvalue weighted by Crippen LogP contribution is 2.15. The molecule has 0 rings (SSSR count). The topological polar surface area (TPSA) is 78.9 Å². The molecule has 0 saturated carbocycles. The zero-order valence-electron chi connectivity index (χ0n) is 41.6. The summed E-state index contributed by atoms with van der Waals surface area (Å²) in [5.41, 5.74) is 0. The highest BCUT2D eigenvalue weighted by molar-refractivity contribution is 5.71. The van der Waals surface area contributed by atoms with Crippen LogP contribution in [0.25, 0.3) is 0 Å². The van der Waals surface area contributed by atoms with Gasteiger partial charge in [0.25, 0.3) is 0 Å². The van der Waals surface area contributed by atoms with Crippen molar-refractivity contribution in [3.8, 4) is 0 Å². The first-order valence-electron chi connectivity index (χ1n) is 26.8. The van der Waals surface area contributed by atoms with Crippen LogP contribution in [0.4, 0.5) is 0 Å². The van der Waals surface area contributed by atoms with E-state index < -0.39 is 6.10 Å². The number of hydrogen-bond acceptors (Lipinski definition) is 6. The number of hydrogen-bond donors (Lipinski definition) is 0. The average Bonchev–Trinajstić information content (AvgIpc) is 3.28. The number of rotatable bonds is 48. The van der Waals surface area contributed by atoms with Gasteiger partial charge in [-0.25, -0.2) is 0 Å². The van der Waals surface area contributed by atoms with Crippen LogP contribution in [0, 0.1) is 0 Å². The first kappa shape index (κ1) is 60.1. The third-order valence-electron chi connectivity index (χ3n) is 11.5. The molecule has 0 aromatic rings. The van der Waals surface area contributed by atoms with Crippen LogP contribution in [0.1, 0.15) is 265 Å². The fourth-order valence-corrected chi connectivity index (χ4v) is 7.49. The van der Waals surface area contributed by atoms with E-state index in [1.807, 2.05) is 0 Å². The molecule has 0 aromatic heterocycles. The zero-order chi connectivity index (χ0) is 45.8. The maximum absolute atomic E-state index is 12.8. The molecule has 364 valence electrons. The van der Waals surface area contributed by atoms with E-state index in [0.717, 1.165) is 103 Å². The molecule has 0 aromatic carbocycles. The van der Waals surface area contributed by atoms with E-state index in [4.69, 9.17) is 14.2 Å². The summed E-state index contributed by atoms with van der Waals surface area (Å²) in [5.74, 6) is -0.897. The number of carbonyl (C=O) groups excluding carboxylic acids is 3. The highest BCUT2D eigenvalue weighted by atomic mass is 16.6. The van der Waals surface area contributed by atoms with Crippen molar-refractivity contribution in [3.63, 3.8) is 0 Å². The molecule has 0 heterocycles. The Bertz CT molecular complexity index is 1150. The molecule has 0 radical (unpaired) electrons. The van der Waals surface area contributed by atoms with Crippen molar-refractivity contribution in [3.05, 3.63) is 60.8 Å². The summed E-state index contributed by atoms with van der Waals surface area (Å²) in [5, 5.41) is 0. The highest BCUT2D eigenvalue weighted by Gasteiger charge is 2.19. The third-order valence-corrected chi connectivity index (χ3v) is 11.5. The zero-order valence-corrected chi connectivity index (χ0v) is 41.6. The lowest BCUT2D eigenvalue weighted by molar-refractivity contribution is -0.167.